The lowest BCUT2D eigenvalue weighted by Gasteiger charge is -2.33. The van der Waals surface area contributed by atoms with Gasteiger partial charge >= 0.3 is 6.03 Å². The van der Waals surface area contributed by atoms with Crippen molar-refractivity contribution < 1.29 is 18.4 Å². The van der Waals surface area contributed by atoms with Crippen molar-refractivity contribution in [1.29, 1.82) is 0 Å². The number of carbonyl (C=O) groups is 2. The van der Waals surface area contributed by atoms with E-state index in [1.165, 1.54) is 6.07 Å². The van der Waals surface area contributed by atoms with Crippen LogP contribution in [0, 0.1) is 11.6 Å². The van der Waals surface area contributed by atoms with Gasteiger partial charge in [0.05, 0.1) is 0 Å². The van der Waals surface area contributed by atoms with Crippen molar-refractivity contribution in [2.75, 3.05) is 13.1 Å². The van der Waals surface area contributed by atoms with Gasteiger partial charge in [0.25, 0.3) is 0 Å². The molecule has 0 bridgehead atoms. The summed E-state index contributed by atoms with van der Waals surface area (Å²) in [7, 11) is 0. The zero-order chi connectivity index (χ0) is 19.4. The molecule has 148 valence electrons. The summed E-state index contributed by atoms with van der Waals surface area (Å²) in [6.45, 7) is 2.02. The molecule has 0 unspecified atom stereocenters. The Kier molecular flexibility index (Phi) is 5.94. The Morgan fingerprint density at radius 3 is 2.41 bits per heavy atom. The summed E-state index contributed by atoms with van der Waals surface area (Å²) in [6, 6.07) is 3.60. The van der Waals surface area contributed by atoms with Crippen LogP contribution in [0.2, 0.25) is 0 Å². The summed E-state index contributed by atoms with van der Waals surface area (Å²) in [6.07, 6.45) is 4.43. The minimum Gasteiger partial charge on any atom is -0.368 e. The maximum Gasteiger partial charge on any atom is 0.315 e. The number of nitrogens with zero attached hydrogens (tertiary/aromatic N) is 1. The van der Waals surface area contributed by atoms with Crippen LogP contribution in [0.5, 0.6) is 0 Å². The number of rotatable bonds is 5. The van der Waals surface area contributed by atoms with Crippen LogP contribution < -0.4 is 16.4 Å². The number of piperidine rings is 1. The molecule has 4 N–H and O–H groups in total. The van der Waals surface area contributed by atoms with E-state index in [9.17, 15) is 18.4 Å². The first kappa shape index (κ1) is 19.5. The molecule has 3 rings (SSSR count). The molecule has 1 heterocycles. The number of hydrogen-bond donors (Lipinski definition) is 3. The molecule has 1 saturated carbocycles. The lowest BCUT2D eigenvalue weighted by atomic mass is 9.97. The van der Waals surface area contributed by atoms with Gasteiger partial charge in [0, 0.05) is 25.7 Å². The van der Waals surface area contributed by atoms with Crippen LogP contribution in [-0.2, 0) is 11.3 Å². The Balaban J connectivity index is 1.45. The first-order valence-electron chi connectivity index (χ1n) is 9.43. The van der Waals surface area contributed by atoms with E-state index in [0.29, 0.717) is 19.4 Å². The highest BCUT2D eigenvalue weighted by molar-refractivity contribution is 5.90. The highest BCUT2D eigenvalue weighted by Crippen LogP contribution is 2.29. The summed E-state index contributed by atoms with van der Waals surface area (Å²) >= 11 is 0. The highest BCUT2D eigenvalue weighted by atomic mass is 19.2. The van der Waals surface area contributed by atoms with E-state index in [1.807, 2.05) is 0 Å². The third kappa shape index (κ3) is 4.74. The molecule has 0 aromatic heterocycles. The van der Waals surface area contributed by atoms with Crippen molar-refractivity contribution in [3.8, 4) is 0 Å². The second-order valence-corrected chi connectivity index (χ2v) is 7.55. The van der Waals surface area contributed by atoms with Gasteiger partial charge in [-0.05, 0) is 43.4 Å². The number of urea groups is 1. The van der Waals surface area contributed by atoms with Crippen LogP contribution in [0.4, 0.5) is 13.6 Å². The first-order chi connectivity index (χ1) is 12.9. The van der Waals surface area contributed by atoms with Crippen molar-refractivity contribution in [3.63, 3.8) is 0 Å². The Bertz CT molecular complexity index is 699. The summed E-state index contributed by atoms with van der Waals surface area (Å²) in [5.41, 5.74) is 5.29. The number of halogens is 2. The van der Waals surface area contributed by atoms with Crippen LogP contribution in [0.15, 0.2) is 18.2 Å². The first-order valence-corrected chi connectivity index (χ1v) is 9.43. The van der Waals surface area contributed by atoms with Crippen LogP contribution in [0.1, 0.15) is 44.1 Å². The average molecular weight is 380 g/mol. The molecule has 1 aromatic carbocycles. The zero-order valence-electron chi connectivity index (χ0n) is 15.3. The predicted molar refractivity (Wildman–Crippen MR) is 96.7 cm³/mol. The second-order valence-electron chi connectivity index (χ2n) is 7.55. The maximum atomic E-state index is 13.3. The fourth-order valence-electron chi connectivity index (χ4n) is 3.98. The number of carbonyl (C=O) groups excluding carboxylic acids is 2. The number of likely N-dealkylation sites (tertiary alicyclic amines) is 1. The van der Waals surface area contributed by atoms with Crippen molar-refractivity contribution in [3.05, 3.63) is 35.4 Å². The average Bonchev–Trinajstić information content (AvgIpc) is 3.10. The largest absolute Gasteiger partial charge is 0.368 e. The lowest BCUT2D eigenvalue weighted by Crippen LogP contribution is -2.59. The summed E-state index contributed by atoms with van der Waals surface area (Å²) in [4.78, 5) is 26.2. The van der Waals surface area contributed by atoms with E-state index in [2.05, 4.69) is 15.5 Å². The predicted octanol–water partition coefficient (Wildman–Crippen LogP) is 2.03. The molecule has 2 aliphatic rings. The van der Waals surface area contributed by atoms with E-state index in [1.54, 1.807) is 6.07 Å². The quantitative estimate of drug-likeness (QED) is 0.730. The molecule has 1 aliphatic heterocycles. The summed E-state index contributed by atoms with van der Waals surface area (Å²) < 4.78 is 26.3. The fraction of sp³-hybridized carbons (Fsp3) is 0.579. The Hall–Kier alpha value is -2.22. The van der Waals surface area contributed by atoms with E-state index in [-0.39, 0.29) is 12.1 Å². The molecule has 2 fully saturated rings. The van der Waals surface area contributed by atoms with Gasteiger partial charge in [0.15, 0.2) is 11.6 Å². The Labute approximate surface area is 157 Å². The molecule has 0 radical (unpaired) electrons. The smallest absolute Gasteiger partial charge is 0.315 e. The van der Waals surface area contributed by atoms with Crippen LogP contribution in [-0.4, -0.2) is 41.5 Å². The molecule has 27 heavy (non-hydrogen) atoms. The summed E-state index contributed by atoms with van der Waals surface area (Å²) in [5.74, 6) is -2.16. The molecule has 3 amide bonds. The van der Waals surface area contributed by atoms with Crippen molar-refractivity contribution in [2.45, 2.75) is 56.7 Å². The SMILES string of the molecule is NC(=O)C1(NC(=O)NC2CCN(Cc3ccc(F)c(F)c3)CC2)CCCC1. The summed E-state index contributed by atoms with van der Waals surface area (Å²) in [5, 5.41) is 5.72. The molecule has 1 aliphatic carbocycles. The molecule has 0 spiro atoms. The monoisotopic (exact) mass is 380 g/mol. The van der Waals surface area contributed by atoms with Gasteiger partial charge in [0.1, 0.15) is 5.54 Å². The molecule has 8 heteroatoms. The third-order valence-electron chi connectivity index (χ3n) is 5.59. The van der Waals surface area contributed by atoms with Crippen molar-refractivity contribution >= 4 is 11.9 Å². The van der Waals surface area contributed by atoms with E-state index in [4.69, 9.17) is 5.73 Å². The van der Waals surface area contributed by atoms with E-state index in [0.717, 1.165) is 50.4 Å². The molecule has 0 atom stereocenters. The second kappa shape index (κ2) is 8.21. The van der Waals surface area contributed by atoms with Gasteiger partial charge in [-0.2, -0.15) is 0 Å². The Morgan fingerprint density at radius 2 is 1.81 bits per heavy atom. The lowest BCUT2D eigenvalue weighted by molar-refractivity contribution is -0.123. The fourth-order valence-corrected chi connectivity index (χ4v) is 3.98. The molecule has 1 saturated heterocycles. The van der Waals surface area contributed by atoms with Crippen LogP contribution in [0.25, 0.3) is 0 Å². The van der Waals surface area contributed by atoms with Gasteiger partial charge in [-0.1, -0.05) is 18.9 Å². The van der Waals surface area contributed by atoms with E-state index < -0.39 is 23.1 Å². The number of hydrogen-bond acceptors (Lipinski definition) is 3. The normalized spacial score (nSPS) is 20.4. The van der Waals surface area contributed by atoms with Crippen molar-refractivity contribution in [2.24, 2.45) is 5.73 Å². The van der Waals surface area contributed by atoms with E-state index >= 15 is 0 Å². The molecular formula is C19H26F2N4O2. The number of primary amides is 1. The van der Waals surface area contributed by atoms with Crippen molar-refractivity contribution in [1.82, 2.24) is 15.5 Å². The van der Waals surface area contributed by atoms with Gasteiger partial charge in [-0.25, -0.2) is 13.6 Å². The maximum absolute atomic E-state index is 13.3. The minimum absolute atomic E-state index is 0.0116. The van der Waals surface area contributed by atoms with Gasteiger partial charge < -0.3 is 16.4 Å². The minimum atomic E-state index is -0.919. The van der Waals surface area contributed by atoms with Gasteiger partial charge in [-0.3, -0.25) is 9.69 Å². The van der Waals surface area contributed by atoms with Gasteiger partial charge in [0.2, 0.25) is 5.91 Å². The Morgan fingerprint density at radius 1 is 1.15 bits per heavy atom. The molecule has 6 nitrogen and oxygen atoms in total. The highest BCUT2D eigenvalue weighted by Gasteiger charge is 2.41. The van der Waals surface area contributed by atoms with Crippen LogP contribution in [0.3, 0.4) is 0 Å². The molecular weight excluding hydrogens is 354 g/mol. The standard InChI is InChI=1S/C19H26F2N4O2/c20-15-4-3-13(11-16(15)21)12-25-9-5-14(6-10-25)23-18(27)24-19(17(22)26)7-1-2-8-19/h3-4,11,14H,1-2,5-10,12H2,(H2,22,26)(H2,23,24,27). The third-order valence-corrected chi connectivity index (χ3v) is 5.59. The zero-order valence-corrected chi connectivity index (χ0v) is 15.3. The number of amides is 3. The number of nitrogens with two attached hydrogens (primary N) is 1. The number of benzene rings is 1. The number of nitrogens with one attached hydrogen (secondary N) is 2. The molecule has 1 aromatic rings. The van der Waals surface area contributed by atoms with Gasteiger partial charge in [-0.15, -0.1) is 0 Å². The topological polar surface area (TPSA) is 87.5 Å². The van der Waals surface area contributed by atoms with Crippen LogP contribution >= 0.6 is 0 Å².